The molecule has 19 heavy (non-hydrogen) atoms. The summed E-state index contributed by atoms with van der Waals surface area (Å²) in [6.45, 7) is 4.50. The van der Waals surface area contributed by atoms with Gasteiger partial charge in [-0.2, -0.15) is 0 Å². The minimum Gasteiger partial charge on any atom is -0.507 e. The maximum atomic E-state index is 12.8. The topological polar surface area (TPSA) is 69.6 Å². The molecule has 1 aromatic rings. The molecule has 0 aliphatic heterocycles. The number of benzene rings is 1. The summed E-state index contributed by atoms with van der Waals surface area (Å²) < 4.78 is 12.8. The maximum absolute atomic E-state index is 12.8. The van der Waals surface area contributed by atoms with Gasteiger partial charge in [0.1, 0.15) is 11.6 Å². The van der Waals surface area contributed by atoms with Gasteiger partial charge in [0, 0.05) is 19.2 Å². The molecule has 0 spiro atoms. The van der Waals surface area contributed by atoms with Crippen molar-refractivity contribution in [3.05, 3.63) is 29.6 Å². The summed E-state index contributed by atoms with van der Waals surface area (Å²) >= 11 is 0. The Morgan fingerprint density at radius 2 is 2.11 bits per heavy atom. The number of phenols is 1. The highest BCUT2D eigenvalue weighted by atomic mass is 19.1. The number of carbonyl (C=O) groups excluding carboxylic acids is 1. The fourth-order valence-corrected chi connectivity index (χ4v) is 1.76. The number of halogens is 1. The van der Waals surface area contributed by atoms with Gasteiger partial charge in [0.15, 0.2) is 0 Å². The first-order valence-electron chi connectivity index (χ1n) is 6.23. The van der Waals surface area contributed by atoms with Crippen molar-refractivity contribution in [1.82, 2.24) is 5.32 Å². The predicted octanol–water partition coefficient (Wildman–Crippen LogP) is 2.06. The number of phenolic OH excluding ortho intramolecular Hbond substituents is 1. The monoisotopic (exact) mass is 269 g/mol. The first-order chi connectivity index (χ1) is 8.85. The molecule has 0 aliphatic rings. The molecule has 0 saturated carbocycles. The third-order valence-corrected chi connectivity index (χ3v) is 2.94. The fraction of sp³-hybridized carbons (Fsp3) is 0.500. The summed E-state index contributed by atoms with van der Waals surface area (Å²) in [7, 11) is 0. The second-order valence-electron chi connectivity index (χ2n) is 5.34. The molecule has 1 amide bonds. The molecule has 0 radical (unpaired) electrons. The molecule has 0 saturated heterocycles. The van der Waals surface area contributed by atoms with E-state index in [-0.39, 0.29) is 23.3 Å². The van der Waals surface area contributed by atoms with E-state index < -0.39 is 11.7 Å². The third kappa shape index (κ3) is 4.87. The minimum absolute atomic E-state index is 0.0550. The van der Waals surface area contributed by atoms with E-state index in [0.29, 0.717) is 13.0 Å². The molecule has 0 aliphatic carbocycles. The second-order valence-corrected chi connectivity index (χ2v) is 5.34. The zero-order valence-corrected chi connectivity index (χ0v) is 11.2. The highest BCUT2D eigenvalue weighted by molar-refractivity contribution is 5.96. The van der Waals surface area contributed by atoms with Crippen molar-refractivity contribution < 1.29 is 19.4 Å². The first-order valence-corrected chi connectivity index (χ1v) is 6.23. The van der Waals surface area contributed by atoms with Crippen molar-refractivity contribution in [1.29, 1.82) is 0 Å². The maximum Gasteiger partial charge on any atom is 0.255 e. The van der Waals surface area contributed by atoms with Crippen molar-refractivity contribution in [2.24, 2.45) is 5.41 Å². The van der Waals surface area contributed by atoms with E-state index >= 15 is 0 Å². The number of carbonyl (C=O) groups is 1. The average Bonchev–Trinajstić information content (AvgIpc) is 2.34. The summed E-state index contributed by atoms with van der Waals surface area (Å²) in [4.78, 5) is 11.9. The molecular formula is C14H20FNO3. The molecule has 1 aromatic carbocycles. The largest absolute Gasteiger partial charge is 0.507 e. The first kappa shape index (κ1) is 15.4. The molecule has 0 bridgehead atoms. The summed E-state index contributed by atoms with van der Waals surface area (Å²) in [6.07, 6.45) is 1.45. The van der Waals surface area contributed by atoms with Gasteiger partial charge in [-0.05, 0) is 30.4 Å². The fourth-order valence-electron chi connectivity index (χ4n) is 1.76. The average molecular weight is 269 g/mol. The number of aromatic hydroxyl groups is 1. The van der Waals surface area contributed by atoms with Crippen LogP contribution in [-0.2, 0) is 0 Å². The number of aliphatic hydroxyl groups excluding tert-OH is 1. The Balaban J connectivity index is 2.60. The van der Waals surface area contributed by atoms with E-state index in [1.54, 1.807) is 0 Å². The lowest BCUT2D eigenvalue weighted by Gasteiger charge is -2.24. The highest BCUT2D eigenvalue weighted by Crippen LogP contribution is 2.22. The Bertz CT molecular complexity index is 446. The molecule has 0 aromatic heterocycles. The van der Waals surface area contributed by atoms with Gasteiger partial charge in [0.25, 0.3) is 5.91 Å². The van der Waals surface area contributed by atoms with Gasteiger partial charge in [0.05, 0.1) is 5.56 Å². The van der Waals surface area contributed by atoms with E-state index in [1.807, 2.05) is 13.8 Å². The van der Waals surface area contributed by atoms with Crippen LogP contribution in [0.2, 0.25) is 0 Å². The van der Waals surface area contributed by atoms with Crippen LogP contribution in [-0.4, -0.2) is 29.3 Å². The standard InChI is InChI=1S/C14H20FNO3/c1-14(2,6-3-7-17)9-16-13(19)11-5-4-10(15)8-12(11)18/h4-5,8,17-18H,3,6-7,9H2,1-2H3,(H,16,19). The van der Waals surface area contributed by atoms with Crippen LogP contribution in [0, 0.1) is 11.2 Å². The second kappa shape index (κ2) is 6.52. The SMILES string of the molecule is CC(C)(CCCO)CNC(=O)c1ccc(F)cc1O. The van der Waals surface area contributed by atoms with Crippen LogP contribution in [0.3, 0.4) is 0 Å². The Hall–Kier alpha value is -1.62. The summed E-state index contributed by atoms with van der Waals surface area (Å²) in [6, 6.07) is 3.29. The number of aliphatic hydroxyl groups is 1. The molecule has 0 fully saturated rings. The van der Waals surface area contributed by atoms with Crippen molar-refractivity contribution in [2.45, 2.75) is 26.7 Å². The molecule has 106 valence electrons. The summed E-state index contributed by atoms with van der Waals surface area (Å²) in [5.74, 6) is -1.39. The molecule has 5 heteroatoms. The lowest BCUT2D eigenvalue weighted by Crippen LogP contribution is -2.34. The molecule has 0 atom stereocenters. The van der Waals surface area contributed by atoms with Gasteiger partial charge in [-0.15, -0.1) is 0 Å². The van der Waals surface area contributed by atoms with Crippen molar-refractivity contribution in [2.75, 3.05) is 13.2 Å². The predicted molar refractivity (Wildman–Crippen MR) is 70.5 cm³/mol. The van der Waals surface area contributed by atoms with E-state index in [1.165, 1.54) is 6.07 Å². The molecule has 4 nitrogen and oxygen atoms in total. The smallest absolute Gasteiger partial charge is 0.255 e. The van der Waals surface area contributed by atoms with Crippen LogP contribution in [0.5, 0.6) is 5.75 Å². The van der Waals surface area contributed by atoms with Crippen LogP contribution < -0.4 is 5.32 Å². The van der Waals surface area contributed by atoms with E-state index in [2.05, 4.69) is 5.32 Å². The quantitative estimate of drug-likeness (QED) is 0.740. The van der Waals surface area contributed by atoms with Crippen LogP contribution >= 0.6 is 0 Å². The minimum atomic E-state index is -0.586. The number of amides is 1. The Labute approximate surface area is 112 Å². The molecular weight excluding hydrogens is 249 g/mol. The van der Waals surface area contributed by atoms with Crippen molar-refractivity contribution in [3.63, 3.8) is 0 Å². The number of hydrogen-bond donors (Lipinski definition) is 3. The van der Waals surface area contributed by atoms with Crippen LogP contribution in [0.4, 0.5) is 4.39 Å². The van der Waals surface area contributed by atoms with Gasteiger partial charge in [-0.25, -0.2) is 4.39 Å². The van der Waals surface area contributed by atoms with E-state index in [9.17, 15) is 14.3 Å². The van der Waals surface area contributed by atoms with Gasteiger partial charge >= 0.3 is 0 Å². The van der Waals surface area contributed by atoms with E-state index in [4.69, 9.17) is 5.11 Å². The summed E-state index contributed by atoms with van der Waals surface area (Å²) in [5, 5.41) is 21.0. The molecule has 0 unspecified atom stereocenters. The Morgan fingerprint density at radius 1 is 1.42 bits per heavy atom. The Kier molecular flexibility index (Phi) is 5.30. The number of hydrogen-bond acceptors (Lipinski definition) is 3. The normalized spacial score (nSPS) is 11.4. The van der Waals surface area contributed by atoms with Crippen LogP contribution in [0.25, 0.3) is 0 Å². The molecule has 1 rings (SSSR count). The summed E-state index contributed by atoms with van der Waals surface area (Å²) in [5.41, 5.74) is -0.0898. The van der Waals surface area contributed by atoms with Gasteiger partial charge in [-0.1, -0.05) is 13.8 Å². The lowest BCUT2D eigenvalue weighted by molar-refractivity contribution is 0.0930. The van der Waals surface area contributed by atoms with Gasteiger partial charge < -0.3 is 15.5 Å². The number of nitrogens with one attached hydrogen (secondary N) is 1. The van der Waals surface area contributed by atoms with Gasteiger partial charge in [0.2, 0.25) is 0 Å². The van der Waals surface area contributed by atoms with E-state index in [0.717, 1.165) is 18.6 Å². The lowest BCUT2D eigenvalue weighted by atomic mass is 9.88. The molecule has 3 N–H and O–H groups in total. The zero-order chi connectivity index (χ0) is 14.5. The highest BCUT2D eigenvalue weighted by Gasteiger charge is 2.19. The number of rotatable bonds is 6. The Morgan fingerprint density at radius 3 is 2.68 bits per heavy atom. The van der Waals surface area contributed by atoms with Gasteiger partial charge in [-0.3, -0.25) is 4.79 Å². The van der Waals surface area contributed by atoms with Crippen molar-refractivity contribution >= 4 is 5.91 Å². The molecule has 0 heterocycles. The van der Waals surface area contributed by atoms with Crippen LogP contribution in [0.1, 0.15) is 37.0 Å². The van der Waals surface area contributed by atoms with Crippen molar-refractivity contribution in [3.8, 4) is 5.75 Å². The van der Waals surface area contributed by atoms with Crippen LogP contribution in [0.15, 0.2) is 18.2 Å². The third-order valence-electron chi connectivity index (χ3n) is 2.94. The zero-order valence-electron chi connectivity index (χ0n) is 11.2.